The second-order valence-electron chi connectivity index (χ2n) is 10.3. The van der Waals surface area contributed by atoms with Gasteiger partial charge in [-0.2, -0.15) is 0 Å². The molecule has 2 aliphatic rings. The first-order valence-corrected chi connectivity index (χ1v) is 13.2. The molecule has 0 aliphatic carbocycles. The number of carboxylic acid groups (broad SMARTS) is 1. The van der Waals surface area contributed by atoms with E-state index in [-0.39, 0.29) is 0 Å². The second-order valence-corrected chi connectivity index (χ2v) is 10.7. The highest BCUT2D eigenvalue weighted by Crippen LogP contribution is 2.38. The van der Waals surface area contributed by atoms with Crippen LogP contribution in [0.15, 0.2) is 66.9 Å². The number of hydrogen-bond acceptors (Lipinski definition) is 6. The van der Waals surface area contributed by atoms with Gasteiger partial charge < -0.3 is 19.8 Å². The number of rotatable bonds is 6. The maximum absolute atomic E-state index is 12.1. The van der Waals surface area contributed by atoms with E-state index in [1.807, 2.05) is 41.3 Å². The summed E-state index contributed by atoms with van der Waals surface area (Å²) in [7, 11) is 0. The van der Waals surface area contributed by atoms with E-state index in [2.05, 4.69) is 22.0 Å². The standard InChI is InChI=1S/C30H32ClN3O4/c1-30(2,37)20-7-12-28-25(17-20)23(24-5-3-13-32-26(24)19-38-28)6-4-14-33-15-16-34(27(18-33)29(35)36)22-10-8-21(31)9-11-22/h3,5-13,17,27,37H,4,14-16,18-19H2,1-2H3,(H,35,36)/b23-6+. The monoisotopic (exact) mass is 533 g/mol. The molecule has 0 radical (unpaired) electrons. The number of carboxylic acids is 1. The average molecular weight is 534 g/mol. The molecule has 1 saturated heterocycles. The van der Waals surface area contributed by atoms with Gasteiger partial charge in [0.05, 0.1) is 11.3 Å². The number of aromatic nitrogens is 1. The maximum Gasteiger partial charge on any atom is 0.327 e. The molecule has 1 fully saturated rings. The van der Waals surface area contributed by atoms with Gasteiger partial charge in [0.25, 0.3) is 0 Å². The summed E-state index contributed by atoms with van der Waals surface area (Å²) in [5.74, 6) is -0.0817. The number of aliphatic hydroxyl groups is 1. The molecule has 1 aromatic heterocycles. The third-order valence-corrected chi connectivity index (χ3v) is 7.47. The lowest BCUT2D eigenvalue weighted by Gasteiger charge is -2.40. The van der Waals surface area contributed by atoms with Crippen LogP contribution in [0, 0.1) is 0 Å². The maximum atomic E-state index is 12.1. The first-order valence-electron chi connectivity index (χ1n) is 12.8. The first-order chi connectivity index (χ1) is 18.2. The van der Waals surface area contributed by atoms with Crippen LogP contribution in [-0.2, 0) is 17.0 Å². The average Bonchev–Trinajstić information content (AvgIpc) is 3.05. The Labute approximate surface area is 227 Å². The topological polar surface area (TPSA) is 86.1 Å². The number of aliphatic carboxylic acids is 1. The Morgan fingerprint density at radius 2 is 1.95 bits per heavy atom. The van der Waals surface area contributed by atoms with Crippen LogP contribution in [0.2, 0.25) is 5.02 Å². The fraction of sp³-hybridized carbons (Fsp3) is 0.333. The van der Waals surface area contributed by atoms with Crippen LogP contribution >= 0.6 is 11.6 Å². The molecule has 2 N–H and O–H groups in total. The highest BCUT2D eigenvalue weighted by molar-refractivity contribution is 6.30. The zero-order valence-electron chi connectivity index (χ0n) is 21.6. The number of fused-ring (bicyclic) bond motifs is 2. The molecule has 3 heterocycles. The number of piperazine rings is 1. The molecule has 7 nitrogen and oxygen atoms in total. The van der Waals surface area contributed by atoms with Gasteiger partial charge in [-0.05, 0) is 73.9 Å². The van der Waals surface area contributed by atoms with Crippen LogP contribution < -0.4 is 9.64 Å². The Balaban J connectivity index is 1.38. The van der Waals surface area contributed by atoms with Gasteiger partial charge in [-0.1, -0.05) is 29.8 Å². The van der Waals surface area contributed by atoms with E-state index in [1.54, 1.807) is 32.2 Å². The van der Waals surface area contributed by atoms with E-state index in [4.69, 9.17) is 16.3 Å². The summed E-state index contributed by atoms with van der Waals surface area (Å²) in [6.45, 7) is 6.45. The van der Waals surface area contributed by atoms with Crippen LogP contribution in [0.4, 0.5) is 5.69 Å². The van der Waals surface area contributed by atoms with Crippen molar-refractivity contribution < 1.29 is 19.7 Å². The number of ether oxygens (including phenoxy) is 1. The van der Waals surface area contributed by atoms with Crippen molar-refractivity contribution in [2.45, 2.75) is 38.5 Å². The molecule has 8 heteroatoms. The fourth-order valence-corrected chi connectivity index (χ4v) is 5.27. The fourth-order valence-electron chi connectivity index (χ4n) is 5.14. The number of halogens is 1. The van der Waals surface area contributed by atoms with Crippen LogP contribution in [0.5, 0.6) is 5.75 Å². The smallest absolute Gasteiger partial charge is 0.327 e. The third-order valence-electron chi connectivity index (χ3n) is 7.22. The van der Waals surface area contributed by atoms with Gasteiger partial charge in [0.1, 0.15) is 18.4 Å². The van der Waals surface area contributed by atoms with E-state index in [9.17, 15) is 15.0 Å². The Morgan fingerprint density at radius 3 is 2.68 bits per heavy atom. The largest absolute Gasteiger partial charge is 0.487 e. The first kappa shape index (κ1) is 26.2. The molecule has 0 saturated carbocycles. The van der Waals surface area contributed by atoms with Gasteiger partial charge in [0.15, 0.2) is 0 Å². The zero-order chi connectivity index (χ0) is 26.9. The van der Waals surface area contributed by atoms with Gasteiger partial charge in [-0.25, -0.2) is 4.79 Å². The molecule has 0 bridgehead atoms. The van der Waals surface area contributed by atoms with Crippen molar-refractivity contribution in [3.63, 3.8) is 0 Å². The van der Waals surface area contributed by atoms with Crippen molar-refractivity contribution in [1.29, 1.82) is 0 Å². The molecule has 198 valence electrons. The summed E-state index contributed by atoms with van der Waals surface area (Å²) in [5.41, 5.74) is 4.50. The van der Waals surface area contributed by atoms with Crippen molar-refractivity contribution in [2.75, 3.05) is 31.1 Å². The molecular formula is C30H32ClN3O4. The number of carbonyl (C=O) groups is 1. The summed E-state index contributed by atoms with van der Waals surface area (Å²) in [4.78, 5) is 20.8. The minimum atomic E-state index is -0.986. The van der Waals surface area contributed by atoms with Crippen molar-refractivity contribution in [3.8, 4) is 5.75 Å². The number of benzene rings is 2. The Morgan fingerprint density at radius 1 is 1.16 bits per heavy atom. The minimum Gasteiger partial charge on any atom is -0.487 e. The van der Waals surface area contributed by atoms with E-state index in [0.29, 0.717) is 24.7 Å². The van der Waals surface area contributed by atoms with E-state index in [0.717, 1.165) is 58.9 Å². The molecule has 2 aliphatic heterocycles. The Hall–Kier alpha value is -3.39. The number of nitrogens with zero attached hydrogens (tertiary/aromatic N) is 3. The quantitative estimate of drug-likeness (QED) is 0.463. The van der Waals surface area contributed by atoms with Crippen LogP contribution in [-0.4, -0.2) is 58.3 Å². The van der Waals surface area contributed by atoms with Gasteiger partial charge in [0, 0.05) is 54.2 Å². The van der Waals surface area contributed by atoms with Crippen LogP contribution in [0.25, 0.3) is 5.57 Å². The van der Waals surface area contributed by atoms with Crippen molar-refractivity contribution >= 4 is 28.8 Å². The summed E-state index contributed by atoms with van der Waals surface area (Å²) >= 11 is 6.03. The third kappa shape index (κ3) is 5.55. The molecule has 5 rings (SSSR count). The highest BCUT2D eigenvalue weighted by atomic mass is 35.5. The predicted octanol–water partition coefficient (Wildman–Crippen LogP) is 4.95. The molecule has 2 aromatic carbocycles. The van der Waals surface area contributed by atoms with Gasteiger partial charge in [-0.3, -0.25) is 9.88 Å². The molecule has 1 atom stereocenters. The van der Waals surface area contributed by atoms with Crippen LogP contribution in [0.3, 0.4) is 0 Å². The van der Waals surface area contributed by atoms with E-state index in [1.165, 1.54) is 0 Å². The predicted molar refractivity (Wildman–Crippen MR) is 149 cm³/mol. The molecule has 1 unspecified atom stereocenters. The second kappa shape index (κ2) is 10.8. The van der Waals surface area contributed by atoms with E-state index >= 15 is 0 Å². The van der Waals surface area contributed by atoms with Gasteiger partial charge in [-0.15, -0.1) is 0 Å². The van der Waals surface area contributed by atoms with Crippen molar-refractivity contribution in [3.05, 3.63) is 94.3 Å². The summed E-state index contributed by atoms with van der Waals surface area (Å²) in [5, 5.41) is 21.2. The lowest BCUT2D eigenvalue weighted by Crippen LogP contribution is -2.56. The van der Waals surface area contributed by atoms with E-state index < -0.39 is 17.6 Å². The number of pyridine rings is 1. The SMILES string of the molecule is CC(C)(O)c1ccc2c(c1)/C(=C/CCN1CCN(c3ccc(Cl)cc3)C(C(=O)O)C1)c1cccnc1CO2. The lowest BCUT2D eigenvalue weighted by atomic mass is 9.90. The number of anilines is 1. The molecule has 0 amide bonds. The zero-order valence-corrected chi connectivity index (χ0v) is 22.4. The summed E-state index contributed by atoms with van der Waals surface area (Å²) in [6, 6.07) is 16.5. The summed E-state index contributed by atoms with van der Waals surface area (Å²) < 4.78 is 6.10. The van der Waals surface area contributed by atoms with Gasteiger partial charge in [0.2, 0.25) is 0 Å². The number of hydrogen-bond donors (Lipinski definition) is 2. The summed E-state index contributed by atoms with van der Waals surface area (Å²) in [6.07, 6.45) is 4.68. The molecule has 38 heavy (non-hydrogen) atoms. The van der Waals surface area contributed by atoms with Crippen molar-refractivity contribution in [2.24, 2.45) is 0 Å². The van der Waals surface area contributed by atoms with Crippen LogP contribution in [0.1, 0.15) is 42.7 Å². The van der Waals surface area contributed by atoms with Gasteiger partial charge >= 0.3 is 5.97 Å². The Kier molecular flexibility index (Phi) is 7.43. The molecule has 0 spiro atoms. The Bertz CT molecular complexity index is 1350. The lowest BCUT2D eigenvalue weighted by molar-refractivity contribution is -0.139. The highest BCUT2D eigenvalue weighted by Gasteiger charge is 2.32. The van der Waals surface area contributed by atoms with Crippen molar-refractivity contribution in [1.82, 2.24) is 9.88 Å². The normalized spacial score (nSPS) is 18.9. The minimum absolute atomic E-state index is 0.370. The molecular weight excluding hydrogens is 502 g/mol. The molecule has 3 aromatic rings.